The van der Waals surface area contributed by atoms with Crippen molar-refractivity contribution in [2.24, 2.45) is 0 Å². The third kappa shape index (κ3) is 6.07. The standard InChI is InChI=1S/C59H42N4/c1-60(43-19-4-2-5-20-43)54-27-13-10-24-49(54)42-31-37-52-50-25-11-14-28-56(50)62(59(52)39-42)46-34-32-45(33-35-46)61(44-21-6-3-7-22-44)47-36-38-58-53(40-47)51-26-12-15-29-57(51)63(58)55-30-16-18-41-17-8-9-23-48(41)55/h2-40H,1H3. The molecule has 2 heterocycles. The highest BCUT2D eigenvalue weighted by molar-refractivity contribution is 6.13. The second kappa shape index (κ2) is 15.0. The van der Waals surface area contributed by atoms with Crippen molar-refractivity contribution in [3.8, 4) is 22.5 Å². The smallest absolute Gasteiger partial charge is 0.0547 e. The predicted octanol–water partition coefficient (Wildman–Crippen LogP) is 15.9. The Bertz CT molecular complexity index is 3630. The maximum atomic E-state index is 2.43. The Morgan fingerprint density at radius 3 is 1.67 bits per heavy atom. The number of para-hydroxylation sites is 5. The first-order chi connectivity index (χ1) is 31.2. The summed E-state index contributed by atoms with van der Waals surface area (Å²) in [6.45, 7) is 0. The average Bonchev–Trinajstić information content (AvgIpc) is 3.86. The molecule has 4 nitrogen and oxygen atoms in total. The van der Waals surface area contributed by atoms with Crippen LogP contribution in [0.3, 0.4) is 0 Å². The summed E-state index contributed by atoms with van der Waals surface area (Å²) < 4.78 is 4.85. The molecule has 0 aliphatic heterocycles. The first kappa shape index (κ1) is 36.5. The zero-order valence-corrected chi connectivity index (χ0v) is 34.8. The highest BCUT2D eigenvalue weighted by Crippen LogP contribution is 2.42. The summed E-state index contributed by atoms with van der Waals surface area (Å²) >= 11 is 0. The van der Waals surface area contributed by atoms with Crippen molar-refractivity contribution in [3.05, 3.63) is 237 Å². The van der Waals surface area contributed by atoms with Crippen molar-refractivity contribution >= 4 is 82.8 Å². The van der Waals surface area contributed by atoms with Gasteiger partial charge in [0.2, 0.25) is 0 Å². The number of hydrogen-bond donors (Lipinski definition) is 0. The Balaban J connectivity index is 0.987. The zero-order valence-electron chi connectivity index (χ0n) is 34.8. The first-order valence-corrected chi connectivity index (χ1v) is 21.6. The molecule has 0 unspecified atom stereocenters. The Morgan fingerprint density at radius 1 is 0.333 bits per heavy atom. The summed E-state index contributed by atoms with van der Waals surface area (Å²) in [5, 5.41) is 7.37. The van der Waals surface area contributed by atoms with Crippen LogP contribution >= 0.6 is 0 Å². The first-order valence-electron chi connectivity index (χ1n) is 21.6. The van der Waals surface area contributed by atoms with Crippen LogP contribution < -0.4 is 9.80 Å². The predicted molar refractivity (Wildman–Crippen MR) is 267 cm³/mol. The van der Waals surface area contributed by atoms with E-state index in [4.69, 9.17) is 0 Å². The number of anilines is 5. The summed E-state index contributed by atoms with van der Waals surface area (Å²) in [7, 11) is 2.15. The maximum absolute atomic E-state index is 2.43. The number of rotatable bonds is 8. The third-order valence-corrected chi connectivity index (χ3v) is 12.7. The molecular weight excluding hydrogens is 765 g/mol. The van der Waals surface area contributed by atoms with Gasteiger partial charge in [0, 0.05) is 73.7 Å². The number of benzene rings is 10. The highest BCUT2D eigenvalue weighted by atomic mass is 15.1. The molecule has 4 heteroatoms. The minimum atomic E-state index is 1.08. The van der Waals surface area contributed by atoms with E-state index in [2.05, 4.69) is 263 Å². The molecule has 12 rings (SSSR count). The number of hydrogen-bond acceptors (Lipinski definition) is 2. The van der Waals surface area contributed by atoms with Crippen molar-refractivity contribution in [2.75, 3.05) is 16.8 Å². The van der Waals surface area contributed by atoms with E-state index in [1.54, 1.807) is 0 Å². The van der Waals surface area contributed by atoms with E-state index in [1.165, 1.54) is 71.2 Å². The largest absolute Gasteiger partial charge is 0.344 e. The summed E-state index contributed by atoms with van der Waals surface area (Å²) in [5.41, 5.74) is 15.0. The molecule has 0 radical (unpaired) electrons. The fourth-order valence-corrected chi connectivity index (χ4v) is 9.76. The third-order valence-electron chi connectivity index (χ3n) is 12.7. The fraction of sp³-hybridized carbons (Fsp3) is 0.0169. The van der Waals surface area contributed by atoms with Crippen LogP contribution in [0, 0.1) is 0 Å². The average molecular weight is 807 g/mol. The van der Waals surface area contributed by atoms with Gasteiger partial charge >= 0.3 is 0 Å². The normalized spacial score (nSPS) is 11.6. The van der Waals surface area contributed by atoms with E-state index in [9.17, 15) is 0 Å². The van der Waals surface area contributed by atoms with Crippen LogP contribution in [0.1, 0.15) is 0 Å². The summed E-state index contributed by atoms with van der Waals surface area (Å²) in [4.78, 5) is 4.64. The van der Waals surface area contributed by atoms with Gasteiger partial charge in [-0.2, -0.15) is 0 Å². The van der Waals surface area contributed by atoms with Gasteiger partial charge in [0.05, 0.1) is 27.8 Å². The lowest BCUT2D eigenvalue weighted by molar-refractivity contribution is 1.17. The molecule has 0 N–H and O–H groups in total. The monoisotopic (exact) mass is 806 g/mol. The minimum absolute atomic E-state index is 1.08. The highest BCUT2D eigenvalue weighted by Gasteiger charge is 2.20. The van der Waals surface area contributed by atoms with Gasteiger partial charge in [0.15, 0.2) is 0 Å². The van der Waals surface area contributed by atoms with Crippen LogP contribution in [-0.2, 0) is 0 Å². The van der Waals surface area contributed by atoms with Gasteiger partial charge in [-0.05, 0) is 108 Å². The molecule has 0 spiro atoms. The van der Waals surface area contributed by atoms with Crippen molar-refractivity contribution in [1.82, 2.24) is 9.13 Å². The van der Waals surface area contributed by atoms with Crippen LogP contribution in [-0.4, -0.2) is 16.2 Å². The molecule has 0 atom stereocenters. The molecule has 0 amide bonds. The fourth-order valence-electron chi connectivity index (χ4n) is 9.76. The van der Waals surface area contributed by atoms with Gasteiger partial charge < -0.3 is 18.9 Å². The Kier molecular flexibility index (Phi) is 8.68. The van der Waals surface area contributed by atoms with Crippen LogP contribution in [0.25, 0.3) is 76.9 Å². The molecule has 298 valence electrons. The molecule has 0 saturated carbocycles. The second-order valence-electron chi connectivity index (χ2n) is 16.2. The van der Waals surface area contributed by atoms with Gasteiger partial charge in [0.1, 0.15) is 0 Å². The van der Waals surface area contributed by atoms with Crippen molar-refractivity contribution in [1.29, 1.82) is 0 Å². The van der Waals surface area contributed by atoms with Gasteiger partial charge in [-0.1, -0.05) is 140 Å². The summed E-state index contributed by atoms with van der Waals surface area (Å²) in [5.74, 6) is 0. The molecule has 0 aliphatic carbocycles. The van der Waals surface area contributed by atoms with Crippen LogP contribution in [0.5, 0.6) is 0 Å². The van der Waals surface area contributed by atoms with Gasteiger partial charge in [-0.15, -0.1) is 0 Å². The molecule has 0 saturated heterocycles. The lowest BCUT2D eigenvalue weighted by atomic mass is 10.0. The summed E-state index contributed by atoms with van der Waals surface area (Å²) in [6, 6.07) is 85.7. The lowest BCUT2D eigenvalue weighted by Gasteiger charge is -2.26. The Morgan fingerprint density at radius 2 is 0.889 bits per heavy atom. The van der Waals surface area contributed by atoms with Crippen molar-refractivity contribution < 1.29 is 0 Å². The minimum Gasteiger partial charge on any atom is -0.344 e. The number of nitrogens with zero attached hydrogens (tertiary/aromatic N) is 4. The van der Waals surface area contributed by atoms with E-state index in [-0.39, 0.29) is 0 Å². The molecule has 0 aliphatic rings. The van der Waals surface area contributed by atoms with Crippen LogP contribution in [0.2, 0.25) is 0 Å². The van der Waals surface area contributed by atoms with Crippen molar-refractivity contribution in [3.63, 3.8) is 0 Å². The van der Waals surface area contributed by atoms with E-state index in [0.717, 1.165) is 34.1 Å². The molecule has 12 aromatic rings. The van der Waals surface area contributed by atoms with E-state index < -0.39 is 0 Å². The zero-order chi connectivity index (χ0) is 41.9. The molecule has 2 aromatic heterocycles. The summed E-state index contributed by atoms with van der Waals surface area (Å²) in [6.07, 6.45) is 0. The van der Waals surface area contributed by atoms with Gasteiger partial charge in [-0.3, -0.25) is 0 Å². The number of aromatic nitrogens is 2. The molecule has 0 fully saturated rings. The van der Waals surface area contributed by atoms with Crippen LogP contribution in [0.15, 0.2) is 237 Å². The van der Waals surface area contributed by atoms with E-state index in [1.807, 2.05) is 0 Å². The van der Waals surface area contributed by atoms with E-state index in [0.29, 0.717) is 0 Å². The second-order valence-corrected chi connectivity index (χ2v) is 16.2. The molecule has 63 heavy (non-hydrogen) atoms. The lowest BCUT2D eigenvalue weighted by Crippen LogP contribution is -2.10. The quantitative estimate of drug-likeness (QED) is 0.152. The molecule has 10 aromatic carbocycles. The molecular formula is C59H42N4. The van der Waals surface area contributed by atoms with E-state index >= 15 is 0 Å². The number of fused-ring (bicyclic) bond motifs is 7. The Hall–Kier alpha value is -8.34. The van der Waals surface area contributed by atoms with Gasteiger partial charge in [0.25, 0.3) is 0 Å². The maximum Gasteiger partial charge on any atom is 0.0547 e. The Labute approximate surface area is 366 Å². The topological polar surface area (TPSA) is 16.3 Å². The van der Waals surface area contributed by atoms with Gasteiger partial charge in [-0.25, -0.2) is 0 Å². The van der Waals surface area contributed by atoms with Crippen LogP contribution in [0.4, 0.5) is 28.4 Å². The van der Waals surface area contributed by atoms with Crippen molar-refractivity contribution in [2.45, 2.75) is 0 Å². The molecule has 0 bridgehead atoms. The SMILES string of the molecule is CN(c1ccccc1)c1ccccc1-c1ccc2c3ccccc3n(-c3ccc(N(c4ccccc4)c4ccc5c(c4)c4ccccc4n5-c4cccc5ccccc45)cc3)c2c1.